The summed E-state index contributed by atoms with van der Waals surface area (Å²) >= 11 is 1.61. The first kappa shape index (κ1) is 17.3. The second-order valence-corrected chi connectivity index (χ2v) is 5.10. The molecule has 20 heavy (non-hydrogen) atoms. The van der Waals surface area contributed by atoms with Crippen molar-refractivity contribution in [2.45, 2.75) is 24.9 Å². The predicted octanol–water partition coefficient (Wildman–Crippen LogP) is 2.27. The van der Waals surface area contributed by atoms with Gasteiger partial charge in [-0.1, -0.05) is 0 Å². The van der Waals surface area contributed by atoms with Gasteiger partial charge < -0.3 is 14.6 Å². The first-order valence-electron chi connectivity index (χ1n) is 6.27. The van der Waals surface area contributed by atoms with Crippen molar-refractivity contribution >= 4 is 11.8 Å². The average Bonchev–Trinajstić information content (AvgIpc) is 2.43. The molecule has 0 amide bonds. The molecule has 0 radical (unpaired) electrons. The average molecular weight is 307 g/mol. The van der Waals surface area contributed by atoms with E-state index in [0.717, 1.165) is 16.2 Å². The number of hydrogen-bond acceptors (Lipinski definition) is 5. The number of nitrogens with zero attached hydrogens (tertiary/aromatic N) is 1. The van der Waals surface area contributed by atoms with Crippen LogP contribution in [0.15, 0.2) is 17.2 Å². The summed E-state index contributed by atoms with van der Waals surface area (Å²) in [6.07, 6.45) is -0.763. The highest BCUT2D eigenvalue weighted by Crippen LogP contribution is 2.23. The molecule has 1 heterocycles. The Morgan fingerprint density at radius 2 is 2.05 bits per heavy atom. The van der Waals surface area contributed by atoms with Crippen LogP contribution in [-0.2, 0) is 16.1 Å². The molecule has 1 aromatic rings. The Morgan fingerprint density at radius 1 is 1.30 bits per heavy atom. The van der Waals surface area contributed by atoms with Gasteiger partial charge in [-0.3, -0.25) is 4.98 Å². The summed E-state index contributed by atoms with van der Waals surface area (Å²) in [7, 11) is 0. The van der Waals surface area contributed by atoms with Gasteiger partial charge in [0.15, 0.2) is 0 Å². The fourth-order valence-electron chi connectivity index (χ4n) is 1.48. The standard InChI is InChI=1S/C13H19F2NO3S/c1-10-11(8-17)16-3-2-12(10)20-7-6-18-4-5-19-9-13(14)15/h2-3,13,17H,4-9H2,1H3. The van der Waals surface area contributed by atoms with E-state index in [1.165, 1.54) is 0 Å². The zero-order valence-electron chi connectivity index (χ0n) is 11.3. The van der Waals surface area contributed by atoms with Crippen molar-refractivity contribution in [1.82, 2.24) is 4.98 Å². The number of ether oxygens (including phenoxy) is 2. The molecule has 0 atom stereocenters. The third-order valence-electron chi connectivity index (χ3n) is 2.51. The normalized spacial score (nSPS) is 11.2. The van der Waals surface area contributed by atoms with Crippen LogP contribution < -0.4 is 0 Å². The van der Waals surface area contributed by atoms with Gasteiger partial charge in [0.25, 0.3) is 6.43 Å². The second-order valence-electron chi connectivity index (χ2n) is 3.97. The van der Waals surface area contributed by atoms with Gasteiger partial charge in [-0.25, -0.2) is 8.78 Å². The molecule has 0 unspecified atom stereocenters. The number of rotatable bonds is 10. The maximum atomic E-state index is 11.8. The molecule has 4 nitrogen and oxygen atoms in total. The van der Waals surface area contributed by atoms with Crippen LogP contribution in [0.1, 0.15) is 11.3 Å². The summed E-state index contributed by atoms with van der Waals surface area (Å²) in [5.41, 5.74) is 1.65. The zero-order valence-corrected chi connectivity index (χ0v) is 12.2. The Balaban J connectivity index is 2.12. The number of halogens is 2. The van der Waals surface area contributed by atoms with E-state index >= 15 is 0 Å². The number of hydrogen-bond donors (Lipinski definition) is 1. The van der Waals surface area contributed by atoms with Gasteiger partial charge in [0.1, 0.15) is 6.61 Å². The first-order valence-corrected chi connectivity index (χ1v) is 7.25. The fraction of sp³-hybridized carbons (Fsp3) is 0.615. The minimum atomic E-state index is -2.43. The van der Waals surface area contributed by atoms with Gasteiger partial charge in [0.2, 0.25) is 0 Å². The van der Waals surface area contributed by atoms with Crippen molar-refractivity contribution in [1.29, 1.82) is 0 Å². The molecular weight excluding hydrogens is 288 g/mol. The Hall–Kier alpha value is -0.760. The van der Waals surface area contributed by atoms with E-state index in [9.17, 15) is 8.78 Å². The van der Waals surface area contributed by atoms with Crippen LogP contribution in [0.2, 0.25) is 0 Å². The zero-order chi connectivity index (χ0) is 14.8. The molecule has 0 bridgehead atoms. The maximum Gasteiger partial charge on any atom is 0.261 e. The van der Waals surface area contributed by atoms with Crippen molar-refractivity contribution in [3.63, 3.8) is 0 Å². The summed E-state index contributed by atoms with van der Waals surface area (Å²) in [6, 6.07) is 1.89. The van der Waals surface area contributed by atoms with Crippen molar-refractivity contribution < 1.29 is 23.4 Å². The molecule has 0 saturated carbocycles. The highest BCUT2D eigenvalue weighted by atomic mass is 32.2. The van der Waals surface area contributed by atoms with Crippen LogP contribution in [-0.4, -0.2) is 48.7 Å². The third-order valence-corrected chi connectivity index (χ3v) is 3.63. The van der Waals surface area contributed by atoms with E-state index < -0.39 is 13.0 Å². The van der Waals surface area contributed by atoms with Crippen molar-refractivity contribution in [3.05, 3.63) is 23.5 Å². The molecule has 0 fully saturated rings. The molecule has 0 aliphatic rings. The molecule has 0 saturated heterocycles. The first-order chi connectivity index (χ1) is 9.65. The molecule has 1 rings (SSSR count). The van der Waals surface area contributed by atoms with Gasteiger partial charge in [0, 0.05) is 16.8 Å². The molecule has 7 heteroatoms. The summed E-state index contributed by atoms with van der Waals surface area (Å²) in [5, 5.41) is 9.11. The maximum absolute atomic E-state index is 11.8. The number of pyridine rings is 1. The fourth-order valence-corrected chi connectivity index (χ4v) is 2.39. The van der Waals surface area contributed by atoms with E-state index in [2.05, 4.69) is 4.98 Å². The van der Waals surface area contributed by atoms with E-state index in [4.69, 9.17) is 14.6 Å². The van der Waals surface area contributed by atoms with E-state index in [-0.39, 0.29) is 13.2 Å². The van der Waals surface area contributed by atoms with E-state index in [1.807, 2.05) is 13.0 Å². The highest BCUT2D eigenvalue weighted by molar-refractivity contribution is 7.99. The minimum absolute atomic E-state index is 0.0712. The van der Waals surface area contributed by atoms with Crippen LogP contribution in [0.25, 0.3) is 0 Å². The van der Waals surface area contributed by atoms with Gasteiger partial charge in [-0.15, -0.1) is 11.8 Å². The van der Waals surface area contributed by atoms with Crippen LogP contribution >= 0.6 is 11.8 Å². The van der Waals surface area contributed by atoms with Crippen molar-refractivity contribution in [3.8, 4) is 0 Å². The summed E-state index contributed by atoms with van der Waals surface area (Å²) in [5.74, 6) is 0.741. The summed E-state index contributed by atoms with van der Waals surface area (Å²) in [4.78, 5) is 5.13. The Morgan fingerprint density at radius 3 is 2.75 bits per heavy atom. The van der Waals surface area contributed by atoms with Gasteiger partial charge in [-0.2, -0.15) is 0 Å². The van der Waals surface area contributed by atoms with Gasteiger partial charge in [0.05, 0.1) is 32.1 Å². The smallest absolute Gasteiger partial charge is 0.261 e. The van der Waals surface area contributed by atoms with Crippen LogP contribution in [0.4, 0.5) is 8.78 Å². The lowest BCUT2D eigenvalue weighted by Crippen LogP contribution is -2.10. The Bertz CT molecular complexity index is 394. The number of aromatic nitrogens is 1. The van der Waals surface area contributed by atoms with E-state index in [0.29, 0.717) is 18.9 Å². The SMILES string of the molecule is Cc1c(SCCOCCOCC(F)F)ccnc1CO. The third kappa shape index (κ3) is 6.60. The molecule has 0 spiro atoms. The van der Waals surface area contributed by atoms with Crippen molar-refractivity contribution in [2.75, 3.05) is 32.2 Å². The number of thioether (sulfide) groups is 1. The van der Waals surface area contributed by atoms with E-state index in [1.54, 1.807) is 18.0 Å². The Kier molecular flexibility index (Phi) is 8.68. The summed E-state index contributed by atoms with van der Waals surface area (Å²) < 4.78 is 33.5. The largest absolute Gasteiger partial charge is 0.390 e. The molecule has 114 valence electrons. The molecule has 1 N–H and O–H groups in total. The number of aliphatic hydroxyl groups excluding tert-OH is 1. The Labute approximate surface area is 121 Å². The molecule has 0 aliphatic heterocycles. The highest BCUT2D eigenvalue weighted by Gasteiger charge is 2.05. The monoisotopic (exact) mass is 307 g/mol. The lowest BCUT2D eigenvalue weighted by molar-refractivity contribution is -0.00700. The van der Waals surface area contributed by atoms with Crippen LogP contribution in [0.5, 0.6) is 0 Å². The quantitative estimate of drug-likeness (QED) is 0.531. The van der Waals surface area contributed by atoms with Crippen molar-refractivity contribution in [2.24, 2.45) is 0 Å². The molecular formula is C13H19F2NO3S. The molecule has 0 aliphatic carbocycles. The van der Waals surface area contributed by atoms with Gasteiger partial charge >= 0.3 is 0 Å². The van der Waals surface area contributed by atoms with Crippen LogP contribution in [0, 0.1) is 6.92 Å². The molecule has 0 aromatic carbocycles. The topological polar surface area (TPSA) is 51.6 Å². The lowest BCUT2D eigenvalue weighted by atomic mass is 10.2. The molecule has 1 aromatic heterocycles. The number of aliphatic hydroxyl groups is 1. The van der Waals surface area contributed by atoms with Gasteiger partial charge in [-0.05, 0) is 18.6 Å². The lowest BCUT2D eigenvalue weighted by Gasteiger charge is -2.09. The second kappa shape index (κ2) is 10.0. The van der Waals surface area contributed by atoms with Crippen LogP contribution in [0.3, 0.4) is 0 Å². The predicted molar refractivity (Wildman–Crippen MR) is 73.3 cm³/mol. The summed E-state index contributed by atoms with van der Waals surface area (Å²) in [6.45, 7) is 2.30. The number of alkyl halides is 2. The minimum Gasteiger partial charge on any atom is -0.390 e.